The van der Waals surface area contributed by atoms with Crippen molar-refractivity contribution in [2.24, 2.45) is 4.99 Å². The van der Waals surface area contributed by atoms with Crippen LogP contribution in [0, 0.1) is 0 Å². The van der Waals surface area contributed by atoms with Gasteiger partial charge in [0.1, 0.15) is 18.1 Å². The van der Waals surface area contributed by atoms with Crippen LogP contribution in [0.3, 0.4) is 0 Å². The van der Waals surface area contributed by atoms with Crippen molar-refractivity contribution in [2.45, 2.75) is 64.6 Å². The van der Waals surface area contributed by atoms with Crippen molar-refractivity contribution >= 4 is 5.96 Å². The fourth-order valence-corrected chi connectivity index (χ4v) is 4.71. The number of hydrogen-bond donors (Lipinski definition) is 2. The van der Waals surface area contributed by atoms with Gasteiger partial charge in [-0.2, -0.15) is 0 Å². The molecule has 4 rings (SSSR count). The number of likely N-dealkylation sites (tertiary alicyclic amines) is 1. The summed E-state index contributed by atoms with van der Waals surface area (Å²) in [6, 6.07) is 8.71. The van der Waals surface area contributed by atoms with Crippen molar-refractivity contribution in [1.82, 2.24) is 30.3 Å². The van der Waals surface area contributed by atoms with Crippen LogP contribution in [-0.2, 0) is 19.5 Å². The Hall–Kier alpha value is -2.61. The molecular weight excluding hydrogens is 402 g/mol. The van der Waals surface area contributed by atoms with E-state index in [1.54, 1.807) is 7.11 Å². The van der Waals surface area contributed by atoms with E-state index in [0.29, 0.717) is 6.54 Å². The minimum Gasteiger partial charge on any atom is -0.497 e. The number of nitrogens with zero attached hydrogens (tertiary/aromatic N) is 5. The lowest BCUT2D eigenvalue weighted by molar-refractivity contribution is 0.245. The molecular formula is C24H37N7O. The van der Waals surface area contributed by atoms with E-state index in [1.807, 2.05) is 6.07 Å². The van der Waals surface area contributed by atoms with Gasteiger partial charge in [-0.1, -0.05) is 18.6 Å². The van der Waals surface area contributed by atoms with Crippen molar-refractivity contribution in [2.75, 3.05) is 33.3 Å². The van der Waals surface area contributed by atoms with E-state index in [1.165, 1.54) is 37.7 Å². The minimum absolute atomic E-state index is 0.279. The summed E-state index contributed by atoms with van der Waals surface area (Å²) >= 11 is 0. The summed E-state index contributed by atoms with van der Waals surface area (Å²) in [5, 5.41) is 15.8. The summed E-state index contributed by atoms with van der Waals surface area (Å²) in [5.41, 5.74) is 1.28. The van der Waals surface area contributed by atoms with Crippen LogP contribution in [0.15, 0.2) is 29.3 Å². The van der Waals surface area contributed by atoms with Gasteiger partial charge in [-0.25, -0.2) is 4.99 Å². The minimum atomic E-state index is 0.279. The molecule has 2 N–H and O–H groups in total. The number of rotatable bonds is 8. The molecule has 0 amide bonds. The van der Waals surface area contributed by atoms with Gasteiger partial charge >= 0.3 is 0 Å². The van der Waals surface area contributed by atoms with Crippen molar-refractivity contribution in [3.8, 4) is 5.75 Å². The second-order valence-corrected chi connectivity index (χ2v) is 8.61. The first-order valence-electron chi connectivity index (χ1n) is 12.1. The molecule has 0 spiro atoms. The van der Waals surface area contributed by atoms with Gasteiger partial charge in [0.25, 0.3) is 0 Å². The van der Waals surface area contributed by atoms with Crippen LogP contribution in [-0.4, -0.2) is 58.9 Å². The summed E-state index contributed by atoms with van der Waals surface area (Å²) in [6.45, 7) is 7.50. The summed E-state index contributed by atoms with van der Waals surface area (Å²) in [4.78, 5) is 7.41. The average Bonchev–Trinajstić information content (AvgIpc) is 3.42. The smallest absolute Gasteiger partial charge is 0.191 e. The van der Waals surface area contributed by atoms with E-state index < -0.39 is 0 Å². The molecule has 2 aromatic rings. The van der Waals surface area contributed by atoms with Crippen molar-refractivity contribution in [1.29, 1.82) is 0 Å². The highest BCUT2D eigenvalue weighted by Gasteiger charge is 2.24. The van der Waals surface area contributed by atoms with Crippen LogP contribution >= 0.6 is 0 Å². The number of hydrogen-bond acceptors (Lipinski definition) is 5. The molecule has 1 fully saturated rings. The summed E-state index contributed by atoms with van der Waals surface area (Å²) in [7, 11) is 1.73. The van der Waals surface area contributed by atoms with Gasteiger partial charge in [-0.15, -0.1) is 10.2 Å². The first-order valence-corrected chi connectivity index (χ1v) is 12.1. The molecule has 174 valence electrons. The van der Waals surface area contributed by atoms with Crippen molar-refractivity contribution in [3.63, 3.8) is 0 Å². The summed E-state index contributed by atoms with van der Waals surface area (Å²) < 4.78 is 7.74. The van der Waals surface area contributed by atoms with E-state index in [9.17, 15) is 0 Å². The van der Waals surface area contributed by atoms with Crippen LogP contribution in [0.25, 0.3) is 0 Å². The second kappa shape index (κ2) is 11.3. The fourth-order valence-electron chi connectivity index (χ4n) is 4.71. The Morgan fingerprint density at radius 2 is 1.94 bits per heavy atom. The highest BCUT2D eigenvalue weighted by atomic mass is 16.5. The van der Waals surface area contributed by atoms with E-state index in [4.69, 9.17) is 9.73 Å². The van der Waals surface area contributed by atoms with Crippen molar-refractivity contribution in [3.05, 3.63) is 41.5 Å². The first kappa shape index (κ1) is 22.6. The standard InChI is InChI=1S/C24H37N7O/c1-3-25-24(27-18-23-29-28-22-12-5-4-6-15-31(22)23)26-17-21(30-13-7-8-14-30)19-10-9-11-20(16-19)32-2/h9-11,16,21H,3-8,12-15,17-18H2,1-2H3,(H2,25,26,27). The molecule has 0 radical (unpaired) electrons. The lowest BCUT2D eigenvalue weighted by Gasteiger charge is -2.29. The molecule has 2 aliphatic rings. The third-order valence-electron chi connectivity index (χ3n) is 6.43. The largest absolute Gasteiger partial charge is 0.497 e. The average molecular weight is 440 g/mol. The van der Waals surface area contributed by atoms with Gasteiger partial charge in [-0.05, 0) is 63.4 Å². The summed E-state index contributed by atoms with van der Waals surface area (Å²) in [6.07, 6.45) is 7.19. The maximum absolute atomic E-state index is 5.48. The third-order valence-corrected chi connectivity index (χ3v) is 6.43. The van der Waals surface area contributed by atoms with Gasteiger partial charge in [0.15, 0.2) is 11.8 Å². The molecule has 1 aromatic carbocycles. The van der Waals surface area contributed by atoms with Crippen LogP contribution in [0.2, 0.25) is 0 Å². The number of aliphatic imine (C=N–C) groups is 1. The number of ether oxygens (including phenoxy) is 1. The highest BCUT2D eigenvalue weighted by molar-refractivity contribution is 5.79. The Balaban J connectivity index is 1.46. The molecule has 1 saturated heterocycles. The molecule has 3 heterocycles. The lowest BCUT2D eigenvalue weighted by atomic mass is 10.1. The second-order valence-electron chi connectivity index (χ2n) is 8.61. The number of methoxy groups -OCH3 is 1. The number of aromatic nitrogens is 3. The number of fused-ring (bicyclic) bond motifs is 1. The molecule has 1 unspecified atom stereocenters. The van der Waals surface area contributed by atoms with Gasteiger partial charge in [-0.3, -0.25) is 4.90 Å². The molecule has 0 saturated carbocycles. The van der Waals surface area contributed by atoms with E-state index in [-0.39, 0.29) is 6.04 Å². The van der Waals surface area contributed by atoms with E-state index in [0.717, 1.165) is 62.5 Å². The Kier molecular flexibility index (Phi) is 7.98. The first-order chi connectivity index (χ1) is 15.8. The van der Waals surface area contributed by atoms with Crippen LogP contribution in [0.1, 0.15) is 62.3 Å². The molecule has 8 nitrogen and oxygen atoms in total. The van der Waals surface area contributed by atoms with E-state index in [2.05, 4.69) is 55.4 Å². The molecule has 1 aromatic heterocycles. The highest BCUT2D eigenvalue weighted by Crippen LogP contribution is 2.27. The number of benzene rings is 1. The zero-order valence-electron chi connectivity index (χ0n) is 19.5. The molecule has 32 heavy (non-hydrogen) atoms. The van der Waals surface area contributed by atoms with Gasteiger partial charge in [0.2, 0.25) is 0 Å². The van der Waals surface area contributed by atoms with Gasteiger partial charge in [0.05, 0.1) is 13.2 Å². The van der Waals surface area contributed by atoms with Crippen LogP contribution in [0.5, 0.6) is 5.75 Å². The topological polar surface area (TPSA) is 79.6 Å². The van der Waals surface area contributed by atoms with Gasteiger partial charge in [0, 0.05) is 26.1 Å². The SMILES string of the molecule is CCNC(=NCc1nnc2n1CCCCC2)NCC(c1cccc(OC)c1)N1CCCC1. The maximum atomic E-state index is 5.48. The lowest BCUT2D eigenvalue weighted by Crippen LogP contribution is -2.42. The Labute approximate surface area is 191 Å². The number of guanidine groups is 1. The fraction of sp³-hybridized carbons (Fsp3) is 0.625. The zero-order chi connectivity index (χ0) is 22.2. The normalized spacial score (nSPS) is 18.1. The van der Waals surface area contributed by atoms with Crippen LogP contribution in [0.4, 0.5) is 0 Å². The number of nitrogens with one attached hydrogen (secondary N) is 2. The monoisotopic (exact) mass is 439 g/mol. The predicted molar refractivity (Wildman–Crippen MR) is 127 cm³/mol. The van der Waals surface area contributed by atoms with Crippen LogP contribution < -0.4 is 15.4 Å². The number of aryl methyl sites for hydroxylation is 1. The van der Waals surface area contributed by atoms with Gasteiger partial charge < -0.3 is 19.9 Å². The maximum Gasteiger partial charge on any atom is 0.191 e. The Bertz CT molecular complexity index is 888. The molecule has 0 bridgehead atoms. The predicted octanol–water partition coefficient (Wildman–Crippen LogP) is 2.91. The quantitative estimate of drug-likeness (QED) is 0.486. The molecule has 0 aliphatic carbocycles. The van der Waals surface area contributed by atoms with E-state index >= 15 is 0 Å². The summed E-state index contributed by atoms with van der Waals surface area (Å²) in [5.74, 6) is 3.80. The Morgan fingerprint density at radius 3 is 2.75 bits per heavy atom. The Morgan fingerprint density at radius 1 is 1.09 bits per heavy atom. The molecule has 1 atom stereocenters. The van der Waals surface area contributed by atoms with Crippen molar-refractivity contribution < 1.29 is 4.74 Å². The molecule has 2 aliphatic heterocycles. The zero-order valence-corrected chi connectivity index (χ0v) is 19.5. The third kappa shape index (κ3) is 5.59. The molecule has 8 heteroatoms.